The molecule has 0 bridgehead atoms. The van der Waals surface area contributed by atoms with Gasteiger partial charge in [0.15, 0.2) is 0 Å². The second-order valence-electron chi connectivity index (χ2n) is 11.2. The molecule has 0 fully saturated rings. The van der Waals surface area contributed by atoms with Crippen LogP contribution in [0.15, 0.2) is 42.5 Å². The number of aromatic hydroxyl groups is 1. The highest BCUT2D eigenvalue weighted by molar-refractivity contribution is 6.34. The van der Waals surface area contributed by atoms with Crippen LogP contribution in [0.1, 0.15) is 84.4 Å². The molecule has 0 aliphatic carbocycles. The summed E-state index contributed by atoms with van der Waals surface area (Å²) >= 11 is 6.42. The van der Waals surface area contributed by atoms with Gasteiger partial charge in [0.2, 0.25) is 5.91 Å². The fourth-order valence-electron chi connectivity index (χ4n) is 4.34. The van der Waals surface area contributed by atoms with Crippen molar-refractivity contribution in [2.45, 2.75) is 91.8 Å². The molecule has 2 rings (SSSR count). The molecular formula is C31H44ClN3O5. The minimum Gasteiger partial charge on any atom is -0.508 e. The van der Waals surface area contributed by atoms with E-state index in [2.05, 4.69) is 17.6 Å². The van der Waals surface area contributed by atoms with Crippen molar-refractivity contribution >= 4 is 35.2 Å². The van der Waals surface area contributed by atoms with Crippen LogP contribution in [0.4, 0.5) is 10.5 Å². The predicted molar refractivity (Wildman–Crippen MR) is 160 cm³/mol. The van der Waals surface area contributed by atoms with Crippen molar-refractivity contribution in [3.63, 3.8) is 0 Å². The van der Waals surface area contributed by atoms with Crippen LogP contribution < -0.4 is 10.6 Å². The van der Waals surface area contributed by atoms with Crippen LogP contribution in [-0.4, -0.2) is 46.1 Å². The monoisotopic (exact) mass is 573 g/mol. The van der Waals surface area contributed by atoms with E-state index < -0.39 is 35.6 Å². The molecule has 2 aromatic rings. The smallest absolute Gasteiger partial charge is 0.408 e. The van der Waals surface area contributed by atoms with Gasteiger partial charge in [-0.3, -0.25) is 9.59 Å². The van der Waals surface area contributed by atoms with Gasteiger partial charge in [0.05, 0.1) is 10.7 Å². The Balaban J connectivity index is 2.60. The Hall–Kier alpha value is -3.26. The Morgan fingerprint density at radius 3 is 2.33 bits per heavy atom. The molecule has 40 heavy (non-hydrogen) atoms. The minimum atomic E-state index is -1.10. The van der Waals surface area contributed by atoms with Crippen LogP contribution in [0.2, 0.25) is 5.02 Å². The largest absolute Gasteiger partial charge is 0.508 e. The number of benzene rings is 2. The van der Waals surface area contributed by atoms with E-state index in [0.717, 1.165) is 18.4 Å². The second kappa shape index (κ2) is 14.9. The number of unbranched alkanes of at least 4 members (excludes halogenated alkanes) is 2. The summed E-state index contributed by atoms with van der Waals surface area (Å²) < 4.78 is 5.46. The van der Waals surface area contributed by atoms with Gasteiger partial charge in [-0.25, -0.2) is 4.79 Å². The number of halogens is 1. The molecule has 0 aliphatic rings. The first-order chi connectivity index (χ1) is 18.8. The molecule has 220 valence electrons. The summed E-state index contributed by atoms with van der Waals surface area (Å²) in [7, 11) is 0. The van der Waals surface area contributed by atoms with E-state index >= 15 is 0 Å². The summed E-state index contributed by atoms with van der Waals surface area (Å²) in [5.41, 5.74) is 0.909. The van der Waals surface area contributed by atoms with E-state index in [9.17, 15) is 19.5 Å². The molecule has 0 heterocycles. The summed E-state index contributed by atoms with van der Waals surface area (Å²) in [6, 6.07) is 9.58. The van der Waals surface area contributed by atoms with E-state index in [1.165, 1.54) is 17.0 Å². The number of anilines is 1. The lowest BCUT2D eigenvalue weighted by Gasteiger charge is -2.36. The molecule has 0 aromatic heterocycles. The quantitative estimate of drug-likeness (QED) is 0.237. The topological polar surface area (TPSA) is 108 Å². The van der Waals surface area contributed by atoms with Crippen molar-refractivity contribution < 1.29 is 24.2 Å². The number of nitrogens with zero attached hydrogens (tertiary/aromatic N) is 1. The summed E-state index contributed by atoms with van der Waals surface area (Å²) in [6.45, 7) is 13.2. The number of phenols is 1. The van der Waals surface area contributed by atoms with E-state index in [4.69, 9.17) is 16.3 Å². The fraction of sp³-hybridized carbons (Fsp3) is 0.516. The van der Waals surface area contributed by atoms with Gasteiger partial charge in [0.1, 0.15) is 23.4 Å². The van der Waals surface area contributed by atoms with Gasteiger partial charge in [-0.1, -0.05) is 75.9 Å². The lowest BCUT2D eigenvalue weighted by atomic mass is 9.95. The highest BCUT2D eigenvalue weighted by atomic mass is 35.5. The van der Waals surface area contributed by atoms with Crippen LogP contribution in [0, 0.1) is 12.8 Å². The normalized spacial score (nSPS) is 13.6. The first kappa shape index (κ1) is 32.9. The number of phenolic OH excluding ortho intramolecular Hbond substituents is 1. The van der Waals surface area contributed by atoms with Crippen LogP contribution in [0.25, 0.3) is 0 Å². The molecule has 3 amide bonds. The standard InChI is InChI=1S/C31H44ClN3O5/c1-8-10-11-18-35(29(38)26(20(3)9-2)34-30(39)40-31(5,6)7)27(22-15-13-16-23(36)19-22)28(37)33-25-21(4)14-12-17-24(25)32/h12-17,19-20,26-27,36H,8-11,18H2,1-7H3,(H,33,37)(H,34,39). The number of rotatable bonds is 12. The van der Waals surface area contributed by atoms with Crippen LogP contribution in [0.3, 0.4) is 0 Å². The molecule has 8 nitrogen and oxygen atoms in total. The van der Waals surface area contributed by atoms with Crippen molar-refractivity contribution in [2.75, 3.05) is 11.9 Å². The third-order valence-electron chi connectivity index (χ3n) is 6.65. The number of ether oxygens (including phenoxy) is 1. The van der Waals surface area contributed by atoms with Crippen molar-refractivity contribution in [3.05, 3.63) is 58.6 Å². The van der Waals surface area contributed by atoms with Crippen molar-refractivity contribution in [1.82, 2.24) is 10.2 Å². The van der Waals surface area contributed by atoms with Crippen molar-refractivity contribution in [3.8, 4) is 5.75 Å². The maximum absolute atomic E-state index is 14.3. The predicted octanol–water partition coefficient (Wildman–Crippen LogP) is 6.99. The number of alkyl carbamates (subject to hydrolysis) is 1. The number of hydrogen-bond donors (Lipinski definition) is 3. The van der Waals surface area contributed by atoms with Gasteiger partial charge in [-0.15, -0.1) is 0 Å². The molecule has 0 radical (unpaired) electrons. The van der Waals surface area contributed by atoms with E-state index in [1.807, 2.05) is 26.8 Å². The first-order valence-electron chi connectivity index (χ1n) is 13.9. The number of para-hydroxylation sites is 1. The number of nitrogens with one attached hydrogen (secondary N) is 2. The molecule has 3 N–H and O–H groups in total. The van der Waals surface area contributed by atoms with Gasteiger partial charge in [0.25, 0.3) is 5.91 Å². The number of hydrogen-bond acceptors (Lipinski definition) is 5. The molecule has 3 unspecified atom stereocenters. The lowest BCUT2D eigenvalue weighted by Crippen LogP contribution is -2.55. The van der Waals surface area contributed by atoms with E-state index in [-0.39, 0.29) is 18.2 Å². The fourth-order valence-corrected chi connectivity index (χ4v) is 4.61. The molecule has 0 saturated heterocycles. The average Bonchev–Trinajstić information content (AvgIpc) is 2.87. The molecule has 0 saturated carbocycles. The molecular weight excluding hydrogens is 530 g/mol. The number of carbonyl (C=O) groups excluding carboxylic acids is 3. The Morgan fingerprint density at radius 2 is 1.75 bits per heavy atom. The van der Waals surface area contributed by atoms with E-state index in [0.29, 0.717) is 29.1 Å². The minimum absolute atomic E-state index is 0.0319. The van der Waals surface area contributed by atoms with Crippen molar-refractivity contribution in [1.29, 1.82) is 0 Å². The molecule has 9 heteroatoms. The van der Waals surface area contributed by atoms with Gasteiger partial charge in [-0.05, 0) is 69.4 Å². The molecule has 0 aliphatic heterocycles. The Morgan fingerprint density at radius 1 is 1.07 bits per heavy atom. The van der Waals surface area contributed by atoms with Crippen LogP contribution >= 0.6 is 11.6 Å². The lowest BCUT2D eigenvalue weighted by molar-refractivity contribution is -0.142. The molecule has 0 spiro atoms. The van der Waals surface area contributed by atoms with Gasteiger partial charge >= 0.3 is 6.09 Å². The van der Waals surface area contributed by atoms with Crippen LogP contribution in [0.5, 0.6) is 5.75 Å². The van der Waals surface area contributed by atoms with Gasteiger partial charge in [0, 0.05) is 6.54 Å². The zero-order valence-electron chi connectivity index (χ0n) is 24.7. The summed E-state index contributed by atoms with van der Waals surface area (Å²) in [5, 5.41) is 16.3. The van der Waals surface area contributed by atoms with Gasteiger partial charge < -0.3 is 25.4 Å². The number of aryl methyl sites for hydroxylation is 1. The van der Waals surface area contributed by atoms with Crippen molar-refractivity contribution in [2.24, 2.45) is 5.92 Å². The third-order valence-corrected chi connectivity index (χ3v) is 6.97. The zero-order chi connectivity index (χ0) is 30.0. The SMILES string of the molecule is CCCCCN(C(=O)C(NC(=O)OC(C)(C)C)C(C)CC)C(C(=O)Nc1c(C)cccc1Cl)c1cccc(O)c1. The highest BCUT2D eigenvalue weighted by Gasteiger charge is 2.38. The maximum atomic E-state index is 14.3. The molecule has 2 aromatic carbocycles. The maximum Gasteiger partial charge on any atom is 0.408 e. The summed E-state index contributed by atoms with van der Waals surface area (Å²) in [4.78, 5) is 42.6. The summed E-state index contributed by atoms with van der Waals surface area (Å²) in [6.07, 6.45) is 2.31. The Bertz CT molecular complexity index is 1140. The average molecular weight is 574 g/mol. The van der Waals surface area contributed by atoms with Gasteiger partial charge in [-0.2, -0.15) is 0 Å². The van der Waals surface area contributed by atoms with E-state index in [1.54, 1.807) is 45.0 Å². The molecule has 3 atom stereocenters. The Labute approximate surface area is 243 Å². The number of carbonyl (C=O) groups is 3. The summed E-state index contributed by atoms with van der Waals surface area (Å²) in [5.74, 6) is -1.16. The Kier molecular flexibility index (Phi) is 12.3. The zero-order valence-corrected chi connectivity index (χ0v) is 25.5. The second-order valence-corrected chi connectivity index (χ2v) is 11.6. The third kappa shape index (κ3) is 9.44. The first-order valence-corrected chi connectivity index (χ1v) is 14.3. The van der Waals surface area contributed by atoms with Crippen LogP contribution in [-0.2, 0) is 14.3 Å². The number of amides is 3. The highest BCUT2D eigenvalue weighted by Crippen LogP contribution is 2.31.